The van der Waals surface area contributed by atoms with E-state index in [1.54, 1.807) is 13.8 Å². The lowest BCUT2D eigenvalue weighted by Crippen LogP contribution is -2.51. The summed E-state index contributed by atoms with van der Waals surface area (Å²) in [6.45, 7) is 17.6. The monoisotopic (exact) mass is 436 g/mol. The van der Waals surface area contributed by atoms with Crippen molar-refractivity contribution in [3.63, 3.8) is 0 Å². The van der Waals surface area contributed by atoms with E-state index in [2.05, 4.69) is 53.7 Å². The summed E-state index contributed by atoms with van der Waals surface area (Å²) in [5, 5.41) is 0. The van der Waals surface area contributed by atoms with E-state index < -0.39 is 25.7 Å². The minimum Gasteiger partial charge on any atom is -0.545 e. The van der Waals surface area contributed by atoms with Gasteiger partial charge in [-0.15, -0.1) is 0 Å². The van der Waals surface area contributed by atoms with Gasteiger partial charge in [-0.3, -0.25) is 9.59 Å². The summed E-state index contributed by atoms with van der Waals surface area (Å²) in [5.41, 5.74) is 0.0461. The number of esters is 2. The Balaban J connectivity index is 2.44. The van der Waals surface area contributed by atoms with Crippen LogP contribution < -0.4 is 0 Å². The topological polar surface area (TPSA) is 61.8 Å². The maximum Gasteiger partial charge on any atom is 0.324 e. The van der Waals surface area contributed by atoms with E-state index in [1.807, 2.05) is 6.08 Å². The summed E-state index contributed by atoms with van der Waals surface area (Å²) in [4.78, 5) is 26.2. The van der Waals surface area contributed by atoms with Crippen molar-refractivity contribution in [2.45, 2.75) is 84.9 Å². The fourth-order valence-corrected chi connectivity index (χ4v) is 11.1. The van der Waals surface area contributed by atoms with Crippen molar-refractivity contribution in [2.24, 2.45) is 17.3 Å². The zero-order valence-electron chi connectivity index (χ0n) is 20.0. The van der Waals surface area contributed by atoms with Gasteiger partial charge in [-0.05, 0) is 49.4 Å². The number of rotatable bonds is 9. The molecule has 0 aromatic carbocycles. The molecule has 2 atom stereocenters. The van der Waals surface area contributed by atoms with Gasteiger partial charge in [0.1, 0.15) is 0 Å². The molecule has 0 saturated heterocycles. The van der Waals surface area contributed by atoms with Gasteiger partial charge in [0.15, 0.2) is 5.41 Å². The molecule has 0 unspecified atom stereocenters. The van der Waals surface area contributed by atoms with E-state index in [9.17, 15) is 9.59 Å². The lowest BCUT2D eigenvalue weighted by Gasteiger charge is -2.45. The molecule has 0 spiro atoms. The van der Waals surface area contributed by atoms with Crippen LogP contribution in [0.5, 0.6) is 0 Å². The van der Waals surface area contributed by atoms with Crippen LogP contribution >= 0.6 is 0 Å². The van der Waals surface area contributed by atoms with Gasteiger partial charge in [0.05, 0.1) is 19.0 Å². The predicted octanol–water partition coefficient (Wildman–Crippen LogP) is 5.77. The van der Waals surface area contributed by atoms with E-state index in [1.165, 1.54) is 0 Å². The van der Waals surface area contributed by atoms with Gasteiger partial charge < -0.3 is 13.9 Å². The van der Waals surface area contributed by atoms with Crippen molar-refractivity contribution in [1.82, 2.24) is 0 Å². The molecule has 30 heavy (non-hydrogen) atoms. The lowest BCUT2D eigenvalue weighted by molar-refractivity contribution is -0.178. The third-order valence-corrected chi connectivity index (χ3v) is 13.0. The summed E-state index contributed by atoms with van der Waals surface area (Å²) in [7, 11) is -2.13. The zero-order chi connectivity index (χ0) is 22.7. The summed E-state index contributed by atoms with van der Waals surface area (Å²) < 4.78 is 17.7. The Labute approximate surface area is 183 Å². The fraction of sp³-hybridized carbons (Fsp3) is 0.750. The van der Waals surface area contributed by atoms with Crippen LogP contribution in [0.25, 0.3) is 0 Å². The maximum atomic E-state index is 13.1. The van der Waals surface area contributed by atoms with Crippen LogP contribution in [0, 0.1) is 17.3 Å². The van der Waals surface area contributed by atoms with E-state index in [0.717, 1.165) is 5.76 Å². The Morgan fingerprint density at radius 2 is 1.50 bits per heavy atom. The van der Waals surface area contributed by atoms with E-state index in [-0.39, 0.29) is 25.0 Å². The number of allylic oxidation sites excluding steroid dienone is 3. The summed E-state index contributed by atoms with van der Waals surface area (Å²) in [5.74, 6) is -0.351. The van der Waals surface area contributed by atoms with Gasteiger partial charge in [0.25, 0.3) is 8.32 Å². The number of hydrogen-bond acceptors (Lipinski definition) is 5. The molecule has 2 aliphatic carbocycles. The molecule has 0 fully saturated rings. The van der Waals surface area contributed by atoms with Crippen LogP contribution in [0.1, 0.15) is 68.2 Å². The van der Waals surface area contributed by atoms with Crippen molar-refractivity contribution in [3.8, 4) is 0 Å². The standard InChI is InChI=1S/C24H40O5Si/c1-9-27-22(25)24(23(26)28-10-2)15-11-12-19-20(24)13-14-21(19)29-30(16(3)4,17(5)6)18(7)8/h11-12,14,16-20H,9-10,13,15H2,1-8H3/t19-,20-/m1/s1. The highest BCUT2D eigenvalue weighted by molar-refractivity contribution is 6.77. The first-order valence-electron chi connectivity index (χ1n) is 11.5. The second-order valence-electron chi connectivity index (χ2n) is 9.44. The molecule has 0 heterocycles. The van der Waals surface area contributed by atoms with E-state index >= 15 is 0 Å². The molecule has 2 rings (SSSR count). The third-order valence-electron chi connectivity index (χ3n) is 7.03. The number of carbonyl (C=O) groups is 2. The van der Waals surface area contributed by atoms with Gasteiger partial charge >= 0.3 is 11.9 Å². The first kappa shape index (κ1) is 24.7. The molecule has 0 N–H and O–H groups in total. The van der Waals surface area contributed by atoms with Crippen molar-refractivity contribution < 1.29 is 23.5 Å². The van der Waals surface area contributed by atoms with Crippen molar-refractivity contribution in [2.75, 3.05) is 13.2 Å². The highest BCUT2D eigenvalue weighted by Crippen LogP contribution is 2.54. The Morgan fingerprint density at radius 3 is 1.93 bits per heavy atom. The minimum atomic E-state index is -2.13. The van der Waals surface area contributed by atoms with Crippen molar-refractivity contribution >= 4 is 20.3 Å². The second kappa shape index (κ2) is 9.71. The lowest BCUT2D eigenvalue weighted by atomic mass is 9.64. The van der Waals surface area contributed by atoms with Crippen LogP contribution in [0.15, 0.2) is 24.0 Å². The van der Waals surface area contributed by atoms with Crippen LogP contribution in [-0.4, -0.2) is 33.5 Å². The molecule has 0 aromatic heterocycles. The van der Waals surface area contributed by atoms with E-state index in [4.69, 9.17) is 13.9 Å². The molecular formula is C24H40O5Si. The van der Waals surface area contributed by atoms with Crippen LogP contribution in [-0.2, 0) is 23.5 Å². The predicted molar refractivity (Wildman–Crippen MR) is 121 cm³/mol. The van der Waals surface area contributed by atoms with Crippen LogP contribution in [0.4, 0.5) is 0 Å². The molecule has 0 radical (unpaired) electrons. The molecule has 6 heteroatoms. The van der Waals surface area contributed by atoms with Crippen molar-refractivity contribution in [1.29, 1.82) is 0 Å². The first-order valence-corrected chi connectivity index (χ1v) is 13.6. The molecule has 0 aliphatic heterocycles. The molecule has 5 nitrogen and oxygen atoms in total. The minimum absolute atomic E-state index is 0.101. The molecule has 0 aromatic rings. The summed E-state index contributed by atoms with van der Waals surface area (Å²) in [6.07, 6.45) is 7.07. The van der Waals surface area contributed by atoms with Gasteiger partial charge in [0, 0.05) is 11.8 Å². The van der Waals surface area contributed by atoms with Crippen molar-refractivity contribution in [3.05, 3.63) is 24.0 Å². The van der Waals surface area contributed by atoms with Gasteiger partial charge in [0.2, 0.25) is 0 Å². The van der Waals surface area contributed by atoms with Gasteiger partial charge in [-0.25, -0.2) is 0 Å². The average molecular weight is 437 g/mol. The van der Waals surface area contributed by atoms with Crippen LogP contribution in [0.3, 0.4) is 0 Å². The number of ether oxygens (including phenoxy) is 2. The molecular weight excluding hydrogens is 396 g/mol. The highest BCUT2D eigenvalue weighted by Gasteiger charge is 2.60. The molecule has 0 amide bonds. The Kier molecular flexibility index (Phi) is 8.00. The first-order chi connectivity index (χ1) is 14.1. The van der Waals surface area contributed by atoms with Crippen LogP contribution in [0.2, 0.25) is 16.6 Å². The molecule has 2 aliphatic rings. The van der Waals surface area contributed by atoms with Gasteiger partial charge in [-0.2, -0.15) is 0 Å². The second-order valence-corrected chi connectivity index (χ2v) is 14.8. The Hall–Kier alpha value is -1.56. The van der Waals surface area contributed by atoms with Gasteiger partial charge in [-0.1, -0.05) is 53.7 Å². The fourth-order valence-electron chi connectivity index (χ4n) is 5.75. The smallest absolute Gasteiger partial charge is 0.324 e. The molecule has 0 bridgehead atoms. The Bertz CT molecular complexity index is 652. The normalized spacial score (nSPS) is 22.8. The summed E-state index contributed by atoms with van der Waals surface area (Å²) in [6, 6.07) is 0. The molecule has 0 saturated carbocycles. The number of carbonyl (C=O) groups excluding carboxylic acids is 2. The SMILES string of the molecule is CCOC(=O)C1(C(=O)OCC)CC=C[C@H]2C(O[Si](C(C)C)(C(C)C)C(C)C)=CC[C@H]21. The maximum absolute atomic E-state index is 13.1. The molecule has 170 valence electrons. The summed E-state index contributed by atoms with van der Waals surface area (Å²) >= 11 is 0. The van der Waals surface area contributed by atoms with E-state index in [0.29, 0.717) is 29.5 Å². The number of hydrogen-bond donors (Lipinski definition) is 0. The Morgan fingerprint density at radius 1 is 1.00 bits per heavy atom. The largest absolute Gasteiger partial charge is 0.545 e. The third kappa shape index (κ3) is 3.99. The zero-order valence-corrected chi connectivity index (χ0v) is 21.0. The highest BCUT2D eigenvalue weighted by atomic mass is 28.4. The average Bonchev–Trinajstić information content (AvgIpc) is 3.08. The quantitative estimate of drug-likeness (QED) is 0.199. The number of fused-ring (bicyclic) bond motifs is 1.